The van der Waals surface area contributed by atoms with Crippen LogP contribution >= 0.6 is 0 Å². The molecule has 6 N–H and O–H groups in total. The number of hydrogen-bond acceptors (Lipinski definition) is 5. The zero-order valence-electron chi connectivity index (χ0n) is 17.4. The smallest absolute Gasteiger partial charge is 0.296 e. The lowest BCUT2D eigenvalue weighted by molar-refractivity contribution is -0.158. The number of amides is 1. The van der Waals surface area contributed by atoms with Gasteiger partial charge in [-0.15, -0.1) is 0 Å². The molecule has 0 fully saturated rings. The fourth-order valence-corrected chi connectivity index (χ4v) is 3.18. The first-order chi connectivity index (χ1) is 13.4. The molecule has 29 heavy (non-hydrogen) atoms. The van der Waals surface area contributed by atoms with Gasteiger partial charge in [0.15, 0.2) is 5.78 Å². The van der Waals surface area contributed by atoms with E-state index in [-0.39, 0.29) is 18.9 Å². The van der Waals surface area contributed by atoms with Crippen molar-refractivity contribution in [1.29, 1.82) is 0 Å². The van der Waals surface area contributed by atoms with E-state index in [1.165, 1.54) is 0 Å². The van der Waals surface area contributed by atoms with Crippen LogP contribution in [0.25, 0.3) is 0 Å². The molecule has 0 radical (unpaired) electrons. The maximum absolute atomic E-state index is 14.7. The van der Waals surface area contributed by atoms with Crippen molar-refractivity contribution in [1.82, 2.24) is 5.32 Å². The average molecular weight is 414 g/mol. The Kier molecular flexibility index (Phi) is 9.32. The molecule has 4 unspecified atom stereocenters. The summed E-state index contributed by atoms with van der Waals surface area (Å²) in [6.45, 7) is 6.87. The summed E-state index contributed by atoms with van der Waals surface area (Å²) in [5, 5.41) is 12.6. The van der Waals surface area contributed by atoms with E-state index in [0.29, 0.717) is 0 Å². The SMILES string of the molecule is CC(C)CC(N)C(O)C(F)(F)C(N)C(=O)C(C(=O)NCc1ccccc1)C(C)C. The Morgan fingerprint density at radius 2 is 1.66 bits per heavy atom. The van der Waals surface area contributed by atoms with Crippen molar-refractivity contribution in [2.24, 2.45) is 29.2 Å². The molecule has 0 saturated heterocycles. The molecule has 0 aliphatic rings. The number of carbonyl (C=O) groups is 2. The largest absolute Gasteiger partial charge is 0.385 e. The standard InChI is InChI=1S/C21H33F2N3O3/c1-12(2)10-15(24)19(28)21(22,23)18(25)17(27)16(13(3)4)20(29)26-11-14-8-6-5-7-9-14/h5-9,12-13,15-16,18-19,28H,10-11,24-25H2,1-4H3,(H,26,29). The van der Waals surface area contributed by atoms with Gasteiger partial charge in [-0.05, 0) is 23.8 Å². The molecule has 1 aromatic carbocycles. The second-order valence-corrected chi connectivity index (χ2v) is 8.22. The second kappa shape index (κ2) is 10.8. The summed E-state index contributed by atoms with van der Waals surface area (Å²) in [5.74, 6) is -7.70. The summed E-state index contributed by atoms with van der Waals surface area (Å²) in [6.07, 6.45) is -2.15. The molecule has 1 rings (SSSR count). The van der Waals surface area contributed by atoms with Gasteiger partial charge in [-0.3, -0.25) is 9.59 Å². The molecule has 0 aliphatic heterocycles. The summed E-state index contributed by atoms with van der Waals surface area (Å²) in [4.78, 5) is 25.3. The maximum atomic E-state index is 14.7. The number of hydrogen-bond donors (Lipinski definition) is 4. The van der Waals surface area contributed by atoms with Crippen molar-refractivity contribution in [2.45, 2.75) is 64.8 Å². The quantitative estimate of drug-likeness (QED) is 0.413. The van der Waals surface area contributed by atoms with Crippen molar-refractivity contribution < 1.29 is 23.5 Å². The zero-order chi connectivity index (χ0) is 22.4. The highest BCUT2D eigenvalue weighted by Gasteiger charge is 2.52. The van der Waals surface area contributed by atoms with Crippen LogP contribution in [0, 0.1) is 17.8 Å². The molecule has 6 nitrogen and oxygen atoms in total. The van der Waals surface area contributed by atoms with Crippen LogP contribution in [-0.2, 0) is 16.1 Å². The van der Waals surface area contributed by atoms with Crippen LogP contribution in [0.3, 0.4) is 0 Å². The van der Waals surface area contributed by atoms with Crippen LogP contribution in [0.15, 0.2) is 30.3 Å². The molecule has 0 saturated carbocycles. The van der Waals surface area contributed by atoms with Crippen LogP contribution in [0.5, 0.6) is 0 Å². The number of benzene rings is 1. The third kappa shape index (κ3) is 6.83. The van der Waals surface area contributed by atoms with Crippen molar-refractivity contribution in [3.8, 4) is 0 Å². The van der Waals surface area contributed by atoms with Gasteiger partial charge in [0.05, 0.1) is 0 Å². The predicted octanol–water partition coefficient (Wildman–Crippen LogP) is 1.84. The lowest BCUT2D eigenvalue weighted by Crippen LogP contribution is -2.61. The molecule has 0 bridgehead atoms. The van der Waals surface area contributed by atoms with Gasteiger partial charge in [-0.2, -0.15) is 0 Å². The van der Waals surface area contributed by atoms with Gasteiger partial charge in [0.2, 0.25) is 5.91 Å². The van der Waals surface area contributed by atoms with E-state index in [1.54, 1.807) is 52.0 Å². The molecular weight excluding hydrogens is 380 g/mol. The Labute approximate surface area is 171 Å². The molecule has 1 aromatic rings. The summed E-state index contributed by atoms with van der Waals surface area (Å²) in [5.41, 5.74) is 12.0. The van der Waals surface area contributed by atoms with Gasteiger partial charge in [0.25, 0.3) is 5.92 Å². The predicted molar refractivity (Wildman–Crippen MR) is 108 cm³/mol. The molecule has 0 spiro atoms. The number of Topliss-reactive ketones (excluding diaryl/α,β-unsaturated/α-hetero) is 1. The Balaban J connectivity index is 2.91. The third-order valence-corrected chi connectivity index (χ3v) is 4.83. The maximum Gasteiger partial charge on any atom is 0.296 e. The van der Waals surface area contributed by atoms with Gasteiger partial charge in [-0.1, -0.05) is 58.0 Å². The minimum atomic E-state index is -3.96. The summed E-state index contributed by atoms with van der Waals surface area (Å²) >= 11 is 0. The Bertz CT molecular complexity index is 668. The Morgan fingerprint density at radius 3 is 2.14 bits per heavy atom. The zero-order valence-corrected chi connectivity index (χ0v) is 17.4. The molecule has 0 aromatic heterocycles. The van der Waals surface area contributed by atoms with E-state index in [4.69, 9.17) is 11.5 Å². The molecule has 164 valence electrons. The average Bonchev–Trinajstić information content (AvgIpc) is 2.65. The fraction of sp³-hybridized carbons (Fsp3) is 0.619. The number of nitrogens with one attached hydrogen (secondary N) is 1. The van der Waals surface area contributed by atoms with Gasteiger partial charge in [0.1, 0.15) is 18.1 Å². The minimum absolute atomic E-state index is 0.0189. The summed E-state index contributed by atoms with van der Waals surface area (Å²) in [6, 6.07) is 5.41. The van der Waals surface area contributed by atoms with Crippen LogP contribution < -0.4 is 16.8 Å². The number of aliphatic hydroxyl groups excluding tert-OH is 1. The summed E-state index contributed by atoms with van der Waals surface area (Å²) < 4.78 is 29.4. The van der Waals surface area contributed by atoms with Gasteiger partial charge in [-0.25, -0.2) is 8.78 Å². The van der Waals surface area contributed by atoms with Gasteiger partial charge < -0.3 is 21.9 Å². The van der Waals surface area contributed by atoms with Crippen LogP contribution in [0.4, 0.5) is 8.78 Å². The Hall–Kier alpha value is -1.90. The number of carbonyl (C=O) groups excluding carboxylic acids is 2. The van der Waals surface area contributed by atoms with Crippen molar-refractivity contribution in [3.63, 3.8) is 0 Å². The van der Waals surface area contributed by atoms with E-state index < -0.39 is 47.6 Å². The van der Waals surface area contributed by atoms with Crippen LogP contribution in [0.2, 0.25) is 0 Å². The normalized spacial score (nSPS) is 16.4. The molecular formula is C21H33F2N3O3. The number of halogens is 2. The van der Waals surface area contributed by atoms with Crippen molar-refractivity contribution >= 4 is 11.7 Å². The second-order valence-electron chi connectivity index (χ2n) is 8.22. The highest BCUT2D eigenvalue weighted by atomic mass is 19.3. The lowest BCUT2D eigenvalue weighted by Gasteiger charge is -2.33. The van der Waals surface area contributed by atoms with E-state index in [0.717, 1.165) is 5.56 Å². The van der Waals surface area contributed by atoms with Crippen LogP contribution in [-0.4, -0.2) is 40.9 Å². The van der Waals surface area contributed by atoms with Crippen molar-refractivity contribution in [2.75, 3.05) is 0 Å². The monoisotopic (exact) mass is 413 g/mol. The fourth-order valence-electron chi connectivity index (χ4n) is 3.18. The van der Waals surface area contributed by atoms with Crippen LogP contribution in [0.1, 0.15) is 39.7 Å². The lowest BCUT2D eigenvalue weighted by atomic mass is 9.83. The molecule has 1 amide bonds. The minimum Gasteiger partial charge on any atom is -0.385 e. The highest BCUT2D eigenvalue weighted by Crippen LogP contribution is 2.29. The number of alkyl halides is 2. The number of ketones is 1. The number of rotatable bonds is 11. The van der Waals surface area contributed by atoms with E-state index >= 15 is 0 Å². The number of aliphatic hydroxyl groups is 1. The highest BCUT2D eigenvalue weighted by molar-refractivity contribution is 6.04. The topological polar surface area (TPSA) is 118 Å². The third-order valence-electron chi connectivity index (χ3n) is 4.83. The van der Waals surface area contributed by atoms with E-state index in [2.05, 4.69) is 5.32 Å². The van der Waals surface area contributed by atoms with E-state index in [1.807, 2.05) is 6.07 Å². The molecule has 4 atom stereocenters. The molecule has 8 heteroatoms. The van der Waals surface area contributed by atoms with E-state index in [9.17, 15) is 23.5 Å². The first-order valence-electron chi connectivity index (χ1n) is 9.81. The van der Waals surface area contributed by atoms with Gasteiger partial charge in [0, 0.05) is 12.6 Å². The number of nitrogens with two attached hydrogens (primary N) is 2. The first kappa shape index (κ1) is 25.1. The first-order valence-corrected chi connectivity index (χ1v) is 9.81. The Morgan fingerprint density at radius 1 is 1.10 bits per heavy atom. The van der Waals surface area contributed by atoms with Gasteiger partial charge >= 0.3 is 0 Å². The molecule has 0 heterocycles. The summed E-state index contributed by atoms with van der Waals surface area (Å²) in [7, 11) is 0. The van der Waals surface area contributed by atoms with Crippen molar-refractivity contribution in [3.05, 3.63) is 35.9 Å². The molecule has 0 aliphatic carbocycles.